The molecule has 1 aliphatic heterocycles. The standard InChI is InChI=1S/C14H19BrN2O3S2/c1-14(2)12(13(18)16-19)17(7-8-21-14)22(20)11-5-3-10(9-15)4-6-11/h3-6,12,19H,7-9H2,1-2H3,(H,16,18). The van der Waals surface area contributed by atoms with Crippen molar-refractivity contribution >= 4 is 44.6 Å². The minimum atomic E-state index is -1.45. The van der Waals surface area contributed by atoms with Crippen LogP contribution in [0, 0.1) is 0 Å². The third-order valence-electron chi connectivity index (χ3n) is 3.58. The molecular formula is C14H19BrN2O3S2. The summed E-state index contributed by atoms with van der Waals surface area (Å²) in [6.45, 7) is 4.38. The van der Waals surface area contributed by atoms with Crippen LogP contribution in [0.25, 0.3) is 0 Å². The highest BCUT2D eigenvalue weighted by molar-refractivity contribution is 9.08. The van der Waals surface area contributed by atoms with Gasteiger partial charge in [-0.2, -0.15) is 11.8 Å². The molecule has 8 heteroatoms. The molecule has 0 aromatic heterocycles. The molecule has 22 heavy (non-hydrogen) atoms. The smallest absolute Gasteiger partial charge is 0.263 e. The number of hydroxylamine groups is 1. The Bertz CT molecular complexity index is 566. The Labute approximate surface area is 145 Å². The van der Waals surface area contributed by atoms with E-state index in [-0.39, 0.29) is 0 Å². The molecule has 2 N–H and O–H groups in total. The number of hydrogen-bond donors (Lipinski definition) is 2. The predicted octanol–water partition coefficient (Wildman–Crippen LogP) is 2.31. The van der Waals surface area contributed by atoms with E-state index in [1.165, 1.54) is 0 Å². The molecule has 2 atom stereocenters. The quantitative estimate of drug-likeness (QED) is 0.457. The lowest BCUT2D eigenvalue weighted by Gasteiger charge is -2.43. The zero-order valence-electron chi connectivity index (χ0n) is 12.4. The summed E-state index contributed by atoms with van der Waals surface area (Å²) in [5.74, 6) is 0.260. The van der Waals surface area contributed by atoms with Gasteiger partial charge >= 0.3 is 0 Å². The highest BCUT2D eigenvalue weighted by Gasteiger charge is 2.45. The number of nitrogens with zero attached hydrogens (tertiary/aromatic N) is 1. The van der Waals surface area contributed by atoms with Crippen LogP contribution < -0.4 is 5.48 Å². The maximum absolute atomic E-state index is 12.9. The van der Waals surface area contributed by atoms with Crippen molar-refractivity contribution in [3.05, 3.63) is 29.8 Å². The molecule has 1 aromatic rings. The van der Waals surface area contributed by atoms with Gasteiger partial charge in [-0.05, 0) is 31.5 Å². The third kappa shape index (κ3) is 3.73. The lowest BCUT2D eigenvalue weighted by molar-refractivity contribution is -0.134. The Balaban J connectivity index is 2.30. The van der Waals surface area contributed by atoms with E-state index in [1.54, 1.807) is 21.5 Å². The van der Waals surface area contributed by atoms with E-state index in [4.69, 9.17) is 5.21 Å². The van der Waals surface area contributed by atoms with Crippen LogP contribution in [0.3, 0.4) is 0 Å². The number of alkyl halides is 1. The summed E-state index contributed by atoms with van der Waals surface area (Å²) in [5, 5.41) is 9.76. The number of benzene rings is 1. The Hall–Kier alpha value is -0.410. The molecule has 1 amide bonds. The predicted molar refractivity (Wildman–Crippen MR) is 92.4 cm³/mol. The average Bonchev–Trinajstić information content (AvgIpc) is 2.52. The summed E-state index contributed by atoms with van der Waals surface area (Å²) < 4.78 is 14.1. The van der Waals surface area contributed by atoms with Crippen LogP contribution >= 0.6 is 27.7 Å². The monoisotopic (exact) mass is 406 g/mol. The molecule has 1 fully saturated rings. The zero-order valence-corrected chi connectivity index (χ0v) is 15.6. The largest absolute Gasteiger partial charge is 0.289 e. The Kier molecular flexibility index (Phi) is 6.07. The van der Waals surface area contributed by atoms with E-state index >= 15 is 0 Å². The van der Waals surface area contributed by atoms with Crippen LogP contribution in [0.5, 0.6) is 0 Å². The van der Waals surface area contributed by atoms with Gasteiger partial charge in [0.15, 0.2) is 0 Å². The molecule has 0 aliphatic carbocycles. The first kappa shape index (κ1) is 17.9. The fourth-order valence-corrected chi connectivity index (χ4v) is 5.68. The summed E-state index contributed by atoms with van der Waals surface area (Å²) in [4.78, 5) is 12.7. The number of carbonyl (C=O) groups is 1. The normalized spacial score (nSPS) is 23.0. The number of rotatable bonds is 4. The molecule has 1 saturated heterocycles. The molecule has 0 saturated carbocycles. The van der Waals surface area contributed by atoms with Crippen LogP contribution in [0.15, 0.2) is 29.2 Å². The van der Waals surface area contributed by atoms with Crippen LogP contribution in [0.4, 0.5) is 0 Å². The minimum absolute atomic E-state index is 0.434. The summed E-state index contributed by atoms with van der Waals surface area (Å²) in [7, 11) is -1.45. The van der Waals surface area contributed by atoms with Gasteiger partial charge in [0.1, 0.15) is 17.0 Å². The summed E-state index contributed by atoms with van der Waals surface area (Å²) in [5.41, 5.74) is 2.81. The first-order valence-corrected chi connectivity index (χ1v) is 10.0. The lowest BCUT2D eigenvalue weighted by atomic mass is 10.0. The zero-order chi connectivity index (χ0) is 16.3. The fourth-order valence-electron chi connectivity index (χ4n) is 2.47. The van der Waals surface area contributed by atoms with E-state index < -0.39 is 27.7 Å². The van der Waals surface area contributed by atoms with Crippen LogP contribution in [-0.2, 0) is 21.1 Å². The molecule has 1 heterocycles. The molecule has 1 aromatic carbocycles. The van der Waals surface area contributed by atoms with Gasteiger partial charge in [0.2, 0.25) is 0 Å². The number of halogens is 1. The maximum Gasteiger partial charge on any atom is 0.263 e. The molecular weight excluding hydrogens is 388 g/mol. The van der Waals surface area contributed by atoms with Crippen molar-refractivity contribution in [1.29, 1.82) is 0 Å². The Morgan fingerprint density at radius 1 is 1.50 bits per heavy atom. The van der Waals surface area contributed by atoms with Crippen LogP contribution in [0.2, 0.25) is 0 Å². The van der Waals surface area contributed by atoms with Gasteiger partial charge in [0, 0.05) is 22.4 Å². The molecule has 0 bridgehead atoms. The first-order valence-electron chi connectivity index (χ1n) is 6.82. The minimum Gasteiger partial charge on any atom is -0.289 e. The van der Waals surface area contributed by atoms with Crippen LogP contribution in [0.1, 0.15) is 19.4 Å². The highest BCUT2D eigenvalue weighted by Crippen LogP contribution is 2.37. The van der Waals surface area contributed by atoms with Gasteiger partial charge < -0.3 is 0 Å². The topological polar surface area (TPSA) is 69.6 Å². The van der Waals surface area contributed by atoms with Crippen molar-refractivity contribution < 1.29 is 14.2 Å². The highest BCUT2D eigenvalue weighted by atomic mass is 79.9. The van der Waals surface area contributed by atoms with Gasteiger partial charge in [-0.3, -0.25) is 10.0 Å². The lowest BCUT2D eigenvalue weighted by Crippen LogP contribution is -2.59. The Morgan fingerprint density at radius 2 is 2.14 bits per heavy atom. The summed E-state index contributed by atoms with van der Waals surface area (Å²) >= 11 is 5.02. The van der Waals surface area contributed by atoms with Gasteiger partial charge in [0.05, 0.1) is 4.90 Å². The second-order valence-electron chi connectivity index (χ2n) is 5.50. The number of amides is 1. The van der Waals surface area contributed by atoms with Gasteiger partial charge in [-0.25, -0.2) is 14.0 Å². The molecule has 1 aliphatic rings. The van der Waals surface area contributed by atoms with Gasteiger partial charge in [-0.1, -0.05) is 28.1 Å². The third-order valence-corrected chi connectivity index (χ3v) is 7.08. The Morgan fingerprint density at radius 3 is 2.68 bits per heavy atom. The summed E-state index contributed by atoms with van der Waals surface area (Å²) in [6.07, 6.45) is 0. The van der Waals surface area contributed by atoms with Gasteiger partial charge in [-0.15, -0.1) is 0 Å². The molecule has 2 unspecified atom stereocenters. The average molecular weight is 407 g/mol. The van der Waals surface area contributed by atoms with Gasteiger partial charge in [0.25, 0.3) is 5.91 Å². The maximum atomic E-state index is 12.9. The summed E-state index contributed by atoms with van der Waals surface area (Å²) in [6, 6.07) is 6.79. The van der Waals surface area contributed by atoms with Crippen LogP contribution in [-0.4, -0.2) is 42.7 Å². The second kappa shape index (κ2) is 7.44. The van der Waals surface area contributed by atoms with Crippen molar-refractivity contribution in [2.24, 2.45) is 0 Å². The molecule has 122 valence electrons. The molecule has 2 rings (SSSR count). The number of carbonyl (C=O) groups excluding carboxylic acids is 1. The van der Waals surface area contributed by atoms with Crippen molar-refractivity contribution in [2.75, 3.05) is 12.3 Å². The SMILES string of the molecule is CC1(C)SCCN(S(=O)c2ccc(CBr)cc2)C1C(=O)NO. The van der Waals surface area contributed by atoms with E-state index in [9.17, 15) is 9.00 Å². The second-order valence-corrected chi connectivity index (χ2v) is 9.25. The fraction of sp³-hybridized carbons (Fsp3) is 0.500. The van der Waals surface area contributed by atoms with E-state index in [0.717, 1.165) is 16.6 Å². The van der Waals surface area contributed by atoms with Crippen molar-refractivity contribution in [3.8, 4) is 0 Å². The molecule has 5 nitrogen and oxygen atoms in total. The van der Waals surface area contributed by atoms with Crippen molar-refractivity contribution in [3.63, 3.8) is 0 Å². The molecule has 0 radical (unpaired) electrons. The molecule has 0 spiro atoms. The van der Waals surface area contributed by atoms with E-state index in [1.807, 2.05) is 38.1 Å². The number of thioether (sulfide) groups is 1. The van der Waals surface area contributed by atoms with E-state index in [2.05, 4.69) is 15.9 Å². The first-order chi connectivity index (χ1) is 10.4. The van der Waals surface area contributed by atoms with Crippen molar-refractivity contribution in [1.82, 2.24) is 9.79 Å². The van der Waals surface area contributed by atoms with Crippen molar-refractivity contribution in [2.45, 2.75) is 34.9 Å². The number of nitrogens with one attached hydrogen (secondary N) is 1. The van der Waals surface area contributed by atoms with E-state index in [0.29, 0.717) is 11.4 Å². The number of hydrogen-bond acceptors (Lipinski definition) is 4.